The third-order valence-corrected chi connectivity index (χ3v) is 4.76. The number of rotatable bonds is 5. The molecular weight excluding hydrogens is 220 g/mol. The fourth-order valence-electron chi connectivity index (χ4n) is 3.07. The Kier molecular flexibility index (Phi) is 3.40. The normalized spacial score (nSPS) is 20.5. The molecule has 1 aromatic rings. The lowest BCUT2D eigenvalue weighted by atomic mass is 9.95. The van der Waals surface area contributed by atoms with Crippen LogP contribution in [0.15, 0.2) is 18.2 Å². The smallest absolute Gasteiger partial charge is 0.0208 e. The van der Waals surface area contributed by atoms with Gasteiger partial charge in [0.05, 0.1) is 0 Å². The van der Waals surface area contributed by atoms with Crippen LogP contribution in [0.3, 0.4) is 0 Å². The van der Waals surface area contributed by atoms with Crippen molar-refractivity contribution in [1.29, 1.82) is 0 Å². The summed E-state index contributed by atoms with van der Waals surface area (Å²) in [5.41, 5.74) is 5.25. The van der Waals surface area contributed by atoms with Crippen LogP contribution in [0.4, 0.5) is 0 Å². The summed E-state index contributed by atoms with van der Waals surface area (Å²) < 4.78 is 0. The van der Waals surface area contributed by atoms with E-state index in [0.717, 1.165) is 19.6 Å². The largest absolute Gasteiger partial charge is 0.312 e. The molecule has 1 fully saturated rings. The Labute approximate surface area is 110 Å². The van der Waals surface area contributed by atoms with Gasteiger partial charge >= 0.3 is 0 Å². The maximum Gasteiger partial charge on any atom is 0.0208 e. The zero-order valence-corrected chi connectivity index (χ0v) is 11.4. The van der Waals surface area contributed by atoms with Crippen molar-refractivity contribution in [2.24, 2.45) is 5.41 Å². The topological polar surface area (TPSA) is 24.1 Å². The van der Waals surface area contributed by atoms with Gasteiger partial charge in [-0.25, -0.2) is 0 Å². The predicted octanol–water partition coefficient (Wildman–Crippen LogP) is 2.61. The highest BCUT2D eigenvalue weighted by molar-refractivity contribution is 5.36. The van der Waals surface area contributed by atoms with E-state index in [9.17, 15) is 0 Å². The number of benzene rings is 1. The van der Waals surface area contributed by atoms with E-state index in [-0.39, 0.29) is 0 Å². The van der Waals surface area contributed by atoms with Crippen molar-refractivity contribution in [3.8, 4) is 0 Å². The van der Waals surface area contributed by atoms with Crippen molar-refractivity contribution in [3.05, 3.63) is 34.9 Å². The third-order valence-electron chi connectivity index (χ3n) is 4.76. The molecule has 0 unspecified atom stereocenters. The summed E-state index contributed by atoms with van der Waals surface area (Å²) in [5.74, 6) is 0. The van der Waals surface area contributed by atoms with Crippen molar-refractivity contribution >= 4 is 0 Å². The number of nitrogens with one attached hydrogen (secondary N) is 2. The summed E-state index contributed by atoms with van der Waals surface area (Å²) in [6.45, 7) is 6.74. The second-order valence-electron chi connectivity index (χ2n) is 5.94. The van der Waals surface area contributed by atoms with E-state index in [4.69, 9.17) is 0 Å². The minimum absolute atomic E-state index is 0.649. The van der Waals surface area contributed by atoms with Gasteiger partial charge in [-0.3, -0.25) is 0 Å². The van der Waals surface area contributed by atoms with E-state index in [2.05, 4.69) is 35.8 Å². The van der Waals surface area contributed by atoms with Crippen molar-refractivity contribution in [2.45, 2.75) is 45.7 Å². The summed E-state index contributed by atoms with van der Waals surface area (Å²) >= 11 is 0. The first kappa shape index (κ1) is 12.2. The average Bonchev–Trinajstić information content (AvgIpc) is 3.20. The molecule has 0 atom stereocenters. The Morgan fingerprint density at radius 3 is 3.00 bits per heavy atom. The molecule has 1 aliphatic carbocycles. The number of fused-ring (bicyclic) bond motifs is 1. The third kappa shape index (κ3) is 2.45. The molecule has 18 heavy (non-hydrogen) atoms. The van der Waals surface area contributed by atoms with Gasteiger partial charge in [-0.05, 0) is 54.3 Å². The van der Waals surface area contributed by atoms with Gasteiger partial charge in [0.1, 0.15) is 0 Å². The molecule has 1 heterocycles. The zero-order valence-electron chi connectivity index (χ0n) is 11.4. The number of hydrogen-bond acceptors (Lipinski definition) is 2. The summed E-state index contributed by atoms with van der Waals surface area (Å²) in [4.78, 5) is 0. The molecule has 0 aromatic heterocycles. The SMILES string of the molecule is CCC1(CNCc2cccc3c2CCNC3)CC1. The van der Waals surface area contributed by atoms with Gasteiger partial charge in [0.25, 0.3) is 0 Å². The Bertz CT molecular complexity index is 421. The van der Waals surface area contributed by atoms with Crippen LogP contribution in [-0.2, 0) is 19.5 Å². The number of hydrogen-bond donors (Lipinski definition) is 2. The van der Waals surface area contributed by atoms with Gasteiger partial charge in [0.15, 0.2) is 0 Å². The maximum atomic E-state index is 3.69. The minimum Gasteiger partial charge on any atom is -0.312 e. The van der Waals surface area contributed by atoms with E-state index in [1.807, 2.05) is 0 Å². The molecule has 1 aliphatic heterocycles. The molecule has 2 aliphatic rings. The fourth-order valence-corrected chi connectivity index (χ4v) is 3.07. The van der Waals surface area contributed by atoms with Crippen LogP contribution in [0, 0.1) is 5.41 Å². The van der Waals surface area contributed by atoms with Gasteiger partial charge < -0.3 is 10.6 Å². The van der Waals surface area contributed by atoms with E-state index < -0.39 is 0 Å². The van der Waals surface area contributed by atoms with Gasteiger partial charge in [-0.1, -0.05) is 25.1 Å². The Morgan fingerprint density at radius 1 is 1.33 bits per heavy atom. The lowest BCUT2D eigenvalue weighted by Gasteiger charge is -2.21. The second kappa shape index (κ2) is 5.02. The van der Waals surface area contributed by atoms with Crippen molar-refractivity contribution in [2.75, 3.05) is 13.1 Å². The lowest BCUT2D eigenvalue weighted by molar-refractivity contribution is 0.442. The highest BCUT2D eigenvalue weighted by Gasteiger charge is 2.39. The lowest BCUT2D eigenvalue weighted by Crippen LogP contribution is -2.27. The Balaban J connectivity index is 1.62. The molecule has 0 spiro atoms. The monoisotopic (exact) mass is 244 g/mol. The Morgan fingerprint density at radius 2 is 2.22 bits per heavy atom. The zero-order chi connectivity index (χ0) is 12.4. The summed E-state index contributed by atoms with van der Waals surface area (Å²) in [5, 5.41) is 7.13. The van der Waals surface area contributed by atoms with Crippen LogP contribution < -0.4 is 10.6 Å². The van der Waals surface area contributed by atoms with E-state index in [1.54, 1.807) is 5.56 Å². The highest BCUT2D eigenvalue weighted by atomic mass is 14.9. The van der Waals surface area contributed by atoms with E-state index >= 15 is 0 Å². The molecule has 2 heteroatoms. The van der Waals surface area contributed by atoms with Crippen LogP contribution >= 0.6 is 0 Å². The molecule has 3 rings (SSSR count). The quantitative estimate of drug-likeness (QED) is 0.832. The molecule has 1 saturated carbocycles. The molecule has 2 N–H and O–H groups in total. The van der Waals surface area contributed by atoms with E-state index in [0.29, 0.717) is 5.41 Å². The first-order valence-corrected chi connectivity index (χ1v) is 7.34. The molecule has 0 saturated heterocycles. The van der Waals surface area contributed by atoms with Crippen molar-refractivity contribution in [3.63, 3.8) is 0 Å². The molecule has 2 nitrogen and oxygen atoms in total. The summed E-state index contributed by atoms with van der Waals surface area (Å²) in [6.07, 6.45) is 5.36. The molecular formula is C16H24N2. The van der Waals surface area contributed by atoms with Gasteiger partial charge in [-0.15, -0.1) is 0 Å². The first-order valence-electron chi connectivity index (χ1n) is 7.34. The molecule has 98 valence electrons. The van der Waals surface area contributed by atoms with Crippen molar-refractivity contribution < 1.29 is 0 Å². The van der Waals surface area contributed by atoms with Crippen LogP contribution in [0.1, 0.15) is 42.9 Å². The van der Waals surface area contributed by atoms with Crippen LogP contribution in [-0.4, -0.2) is 13.1 Å². The van der Waals surface area contributed by atoms with Crippen LogP contribution in [0.25, 0.3) is 0 Å². The standard InChI is InChI=1S/C16H24N2/c1-2-16(7-8-16)12-18-11-14-5-3-4-13-10-17-9-6-15(13)14/h3-5,17-18H,2,6-12H2,1H3. The van der Waals surface area contributed by atoms with Gasteiger partial charge in [-0.2, -0.15) is 0 Å². The predicted molar refractivity (Wildman–Crippen MR) is 75.5 cm³/mol. The molecule has 0 radical (unpaired) electrons. The first-order chi connectivity index (χ1) is 8.83. The van der Waals surface area contributed by atoms with Crippen molar-refractivity contribution in [1.82, 2.24) is 10.6 Å². The van der Waals surface area contributed by atoms with E-state index in [1.165, 1.54) is 43.4 Å². The molecule has 1 aromatic carbocycles. The Hall–Kier alpha value is -0.860. The maximum absolute atomic E-state index is 3.69. The molecule has 0 bridgehead atoms. The van der Waals surface area contributed by atoms with Gasteiger partial charge in [0, 0.05) is 19.6 Å². The second-order valence-corrected chi connectivity index (χ2v) is 5.94. The van der Waals surface area contributed by atoms with Crippen LogP contribution in [0.2, 0.25) is 0 Å². The fraction of sp³-hybridized carbons (Fsp3) is 0.625. The minimum atomic E-state index is 0.649. The molecule has 0 amide bonds. The van der Waals surface area contributed by atoms with Crippen LogP contribution in [0.5, 0.6) is 0 Å². The van der Waals surface area contributed by atoms with Gasteiger partial charge in [0.2, 0.25) is 0 Å². The summed E-state index contributed by atoms with van der Waals surface area (Å²) in [7, 11) is 0. The summed E-state index contributed by atoms with van der Waals surface area (Å²) in [6, 6.07) is 6.76. The highest BCUT2D eigenvalue weighted by Crippen LogP contribution is 2.47. The average molecular weight is 244 g/mol.